The molecule has 0 aliphatic rings. The van der Waals surface area contributed by atoms with Crippen molar-refractivity contribution in [3.63, 3.8) is 0 Å². The predicted octanol–water partition coefficient (Wildman–Crippen LogP) is 4.84. The van der Waals surface area contributed by atoms with E-state index in [0.29, 0.717) is 13.0 Å². The standard InChI is InChI=1S/C21H27NO/c1-2-3-6-15-21(23)22(18-20-13-9-5-10-14-20)17-16-19-11-7-4-8-12-19/h4-5,7-14H,2-3,6,15-18H2,1H3. The summed E-state index contributed by atoms with van der Waals surface area (Å²) >= 11 is 0. The smallest absolute Gasteiger partial charge is 0.222 e. The molecule has 0 atom stereocenters. The lowest BCUT2D eigenvalue weighted by Gasteiger charge is -2.23. The minimum absolute atomic E-state index is 0.276. The normalized spacial score (nSPS) is 10.5. The van der Waals surface area contributed by atoms with E-state index in [1.807, 2.05) is 29.2 Å². The van der Waals surface area contributed by atoms with E-state index in [9.17, 15) is 4.79 Å². The molecule has 2 heteroatoms. The van der Waals surface area contributed by atoms with E-state index >= 15 is 0 Å². The van der Waals surface area contributed by atoms with Crippen LogP contribution < -0.4 is 0 Å². The van der Waals surface area contributed by atoms with E-state index in [2.05, 4.69) is 43.3 Å². The van der Waals surface area contributed by atoms with Crippen LogP contribution in [0.4, 0.5) is 0 Å². The van der Waals surface area contributed by atoms with Crippen molar-refractivity contribution in [1.82, 2.24) is 4.90 Å². The van der Waals surface area contributed by atoms with Gasteiger partial charge >= 0.3 is 0 Å². The fourth-order valence-corrected chi connectivity index (χ4v) is 2.69. The van der Waals surface area contributed by atoms with Crippen LogP contribution in [0.15, 0.2) is 60.7 Å². The van der Waals surface area contributed by atoms with Crippen molar-refractivity contribution in [1.29, 1.82) is 0 Å². The van der Waals surface area contributed by atoms with Crippen molar-refractivity contribution in [3.8, 4) is 0 Å². The van der Waals surface area contributed by atoms with Gasteiger partial charge in [-0.3, -0.25) is 4.79 Å². The first-order chi connectivity index (χ1) is 11.3. The Morgan fingerprint density at radius 1 is 0.870 bits per heavy atom. The summed E-state index contributed by atoms with van der Waals surface area (Å²) in [5, 5.41) is 0. The van der Waals surface area contributed by atoms with E-state index < -0.39 is 0 Å². The number of carbonyl (C=O) groups is 1. The molecule has 0 radical (unpaired) electrons. The monoisotopic (exact) mass is 309 g/mol. The van der Waals surface area contributed by atoms with Crippen LogP contribution in [0, 0.1) is 0 Å². The summed E-state index contributed by atoms with van der Waals surface area (Å²) in [7, 11) is 0. The van der Waals surface area contributed by atoms with E-state index in [-0.39, 0.29) is 5.91 Å². The third-order valence-electron chi connectivity index (χ3n) is 4.08. The highest BCUT2D eigenvalue weighted by molar-refractivity contribution is 5.76. The molecule has 0 aliphatic carbocycles. The zero-order valence-electron chi connectivity index (χ0n) is 14.1. The summed E-state index contributed by atoms with van der Waals surface area (Å²) in [5.41, 5.74) is 2.48. The highest BCUT2D eigenvalue weighted by Crippen LogP contribution is 2.11. The van der Waals surface area contributed by atoms with Crippen LogP contribution in [0.1, 0.15) is 43.7 Å². The molecule has 0 aliphatic heterocycles. The van der Waals surface area contributed by atoms with Crippen molar-refractivity contribution in [3.05, 3.63) is 71.8 Å². The average molecular weight is 309 g/mol. The van der Waals surface area contributed by atoms with E-state index in [4.69, 9.17) is 0 Å². The maximum atomic E-state index is 12.6. The van der Waals surface area contributed by atoms with Gasteiger partial charge in [0.25, 0.3) is 0 Å². The fraction of sp³-hybridized carbons (Fsp3) is 0.381. The van der Waals surface area contributed by atoms with Crippen molar-refractivity contribution >= 4 is 5.91 Å². The molecule has 0 fully saturated rings. The van der Waals surface area contributed by atoms with Gasteiger partial charge in [0.1, 0.15) is 0 Å². The van der Waals surface area contributed by atoms with Gasteiger partial charge in [0.15, 0.2) is 0 Å². The van der Waals surface area contributed by atoms with Gasteiger partial charge in [0.05, 0.1) is 0 Å². The molecule has 0 saturated heterocycles. The molecule has 23 heavy (non-hydrogen) atoms. The highest BCUT2D eigenvalue weighted by atomic mass is 16.2. The Bertz CT molecular complexity index is 565. The third-order valence-corrected chi connectivity index (χ3v) is 4.08. The molecule has 0 N–H and O–H groups in total. The van der Waals surface area contributed by atoms with Crippen molar-refractivity contribution in [2.45, 2.75) is 45.6 Å². The van der Waals surface area contributed by atoms with E-state index in [1.54, 1.807) is 0 Å². The topological polar surface area (TPSA) is 20.3 Å². The number of hydrogen-bond acceptors (Lipinski definition) is 1. The SMILES string of the molecule is CCCCCC(=O)N(CCc1ccccc1)Cc1ccccc1. The highest BCUT2D eigenvalue weighted by Gasteiger charge is 2.13. The number of nitrogens with zero attached hydrogens (tertiary/aromatic N) is 1. The summed E-state index contributed by atoms with van der Waals surface area (Å²) in [4.78, 5) is 14.6. The molecular formula is C21H27NO. The Morgan fingerprint density at radius 2 is 1.48 bits per heavy atom. The zero-order valence-corrected chi connectivity index (χ0v) is 14.1. The van der Waals surface area contributed by atoms with Crippen molar-refractivity contribution < 1.29 is 4.79 Å². The molecule has 2 nitrogen and oxygen atoms in total. The summed E-state index contributed by atoms with van der Waals surface area (Å²) in [6.07, 6.45) is 4.84. The molecule has 2 aromatic carbocycles. The summed E-state index contributed by atoms with van der Waals surface area (Å²) in [6, 6.07) is 20.7. The summed E-state index contributed by atoms with van der Waals surface area (Å²) < 4.78 is 0. The number of benzene rings is 2. The molecule has 2 aromatic rings. The average Bonchev–Trinajstić information content (AvgIpc) is 2.60. The first kappa shape index (κ1) is 17.3. The van der Waals surface area contributed by atoms with Gasteiger partial charge in [0, 0.05) is 19.5 Å². The van der Waals surface area contributed by atoms with Crippen LogP contribution in [0.2, 0.25) is 0 Å². The summed E-state index contributed by atoms with van der Waals surface area (Å²) in [5.74, 6) is 0.276. The van der Waals surface area contributed by atoms with Gasteiger partial charge in [-0.2, -0.15) is 0 Å². The second-order valence-electron chi connectivity index (χ2n) is 5.99. The van der Waals surface area contributed by atoms with E-state index in [0.717, 1.165) is 32.2 Å². The molecule has 1 amide bonds. The number of rotatable bonds is 9. The molecule has 0 spiro atoms. The van der Waals surface area contributed by atoms with Crippen LogP contribution in [-0.2, 0) is 17.8 Å². The van der Waals surface area contributed by atoms with Gasteiger partial charge < -0.3 is 4.90 Å². The molecular weight excluding hydrogens is 282 g/mol. The molecule has 2 rings (SSSR count). The fourth-order valence-electron chi connectivity index (χ4n) is 2.69. The maximum absolute atomic E-state index is 12.6. The Labute approximate surface area is 140 Å². The number of unbranched alkanes of at least 4 members (excludes halogenated alkanes) is 2. The van der Waals surface area contributed by atoms with Crippen LogP contribution >= 0.6 is 0 Å². The second-order valence-corrected chi connectivity index (χ2v) is 5.99. The van der Waals surface area contributed by atoms with Crippen LogP contribution in [0.5, 0.6) is 0 Å². The van der Waals surface area contributed by atoms with Crippen molar-refractivity contribution in [2.75, 3.05) is 6.54 Å². The minimum atomic E-state index is 0.276. The molecule has 0 heterocycles. The molecule has 0 saturated carbocycles. The van der Waals surface area contributed by atoms with Crippen LogP contribution in [0.25, 0.3) is 0 Å². The first-order valence-corrected chi connectivity index (χ1v) is 8.65. The van der Waals surface area contributed by atoms with Gasteiger partial charge in [0.2, 0.25) is 5.91 Å². The van der Waals surface area contributed by atoms with Gasteiger partial charge in [-0.05, 0) is 24.0 Å². The zero-order chi connectivity index (χ0) is 16.3. The van der Waals surface area contributed by atoms with Gasteiger partial charge in [-0.15, -0.1) is 0 Å². The van der Waals surface area contributed by atoms with Gasteiger partial charge in [-0.1, -0.05) is 80.4 Å². The van der Waals surface area contributed by atoms with Crippen molar-refractivity contribution in [2.24, 2.45) is 0 Å². The maximum Gasteiger partial charge on any atom is 0.222 e. The largest absolute Gasteiger partial charge is 0.338 e. The molecule has 122 valence electrons. The van der Waals surface area contributed by atoms with Gasteiger partial charge in [-0.25, -0.2) is 0 Å². The van der Waals surface area contributed by atoms with Crippen LogP contribution in [0.3, 0.4) is 0 Å². The van der Waals surface area contributed by atoms with E-state index in [1.165, 1.54) is 11.1 Å². The Morgan fingerprint density at radius 3 is 2.09 bits per heavy atom. The Balaban J connectivity index is 1.96. The molecule has 0 bridgehead atoms. The minimum Gasteiger partial charge on any atom is -0.338 e. The quantitative estimate of drug-likeness (QED) is 0.607. The lowest BCUT2D eigenvalue weighted by molar-refractivity contribution is -0.131. The number of amides is 1. The molecule has 0 aromatic heterocycles. The molecule has 0 unspecified atom stereocenters. The lowest BCUT2D eigenvalue weighted by atomic mass is 10.1. The Kier molecular flexibility index (Phi) is 7.38. The Hall–Kier alpha value is -2.09. The lowest BCUT2D eigenvalue weighted by Crippen LogP contribution is -2.32. The third kappa shape index (κ3) is 6.27. The number of carbonyl (C=O) groups excluding carboxylic acids is 1. The summed E-state index contributed by atoms with van der Waals surface area (Å²) in [6.45, 7) is 3.66. The predicted molar refractivity (Wildman–Crippen MR) is 96.1 cm³/mol. The van der Waals surface area contributed by atoms with Crippen LogP contribution in [-0.4, -0.2) is 17.4 Å². The second kappa shape index (κ2) is 9.83. The number of hydrogen-bond donors (Lipinski definition) is 0. The first-order valence-electron chi connectivity index (χ1n) is 8.65.